The Labute approximate surface area is 109 Å². The van der Waals surface area contributed by atoms with Crippen LogP contribution in [0.25, 0.3) is 0 Å². The molecule has 98 valence electrons. The molecule has 0 bridgehead atoms. The summed E-state index contributed by atoms with van der Waals surface area (Å²) in [5.41, 5.74) is 0.366. The Kier molecular flexibility index (Phi) is 4.33. The molecule has 18 heavy (non-hydrogen) atoms. The van der Waals surface area contributed by atoms with E-state index in [9.17, 15) is 22.8 Å². The maximum atomic E-state index is 12.0. The van der Waals surface area contributed by atoms with Crippen molar-refractivity contribution in [1.29, 1.82) is 0 Å². The summed E-state index contributed by atoms with van der Waals surface area (Å²) < 4.78 is 36.3. The first-order valence-electron chi connectivity index (χ1n) is 4.65. The molecule has 0 fully saturated rings. The Morgan fingerprint density at radius 1 is 1.22 bits per heavy atom. The maximum Gasteiger partial charge on any atom is 0.471 e. The molecule has 8 heteroatoms. The number of anilines is 2. The van der Waals surface area contributed by atoms with Crippen LogP contribution in [0.1, 0.15) is 6.92 Å². The lowest BCUT2D eigenvalue weighted by Crippen LogP contribution is -2.30. The highest BCUT2D eigenvalue weighted by atomic mass is 79.9. The summed E-state index contributed by atoms with van der Waals surface area (Å²) >= 11 is 3.00. The molecule has 4 nitrogen and oxygen atoms in total. The van der Waals surface area contributed by atoms with Gasteiger partial charge in [0, 0.05) is 17.1 Å². The van der Waals surface area contributed by atoms with Gasteiger partial charge in [0.05, 0.1) is 5.69 Å². The summed E-state index contributed by atoms with van der Waals surface area (Å²) in [5.74, 6) is -2.37. The summed E-state index contributed by atoms with van der Waals surface area (Å²) in [7, 11) is 0. The molecule has 1 aromatic rings. The van der Waals surface area contributed by atoms with Crippen molar-refractivity contribution in [3.63, 3.8) is 0 Å². The van der Waals surface area contributed by atoms with Crippen molar-refractivity contribution in [2.24, 2.45) is 0 Å². The number of benzene rings is 1. The van der Waals surface area contributed by atoms with Crippen LogP contribution >= 0.6 is 15.9 Å². The second-order valence-electron chi connectivity index (χ2n) is 3.33. The van der Waals surface area contributed by atoms with E-state index in [0.717, 1.165) is 0 Å². The van der Waals surface area contributed by atoms with Crippen LogP contribution in [0, 0.1) is 0 Å². The van der Waals surface area contributed by atoms with Crippen LogP contribution in [-0.2, 0) is 9.59 Å². The lowest BCUT2D eigenvalue weighted by atomic mass is 10.2. The van der Waals surface area contributed by atoms with Crippen LogP contribution in [0.4, 0.5) is 24.5 Å². The van der Waals surface area contributed by atoms with E-state index in [-0.39, 0.29) is 16.1 Å². The fraction of sp³-hybridized carbons (Fsp3) is 0.200. The average molecular weight is 325 g/mol. The molecule has 2 N–H and O–H groups in total. The van der Waals surface area contributed by atoms with Crippen molar-refractivity contribution < 1.29 is 22.8 Å². The Bertz CT molecular complexity index is 489. The highest BCUT2D eigenvalue weighted by Crippen LogP contribution is 2.27. The zero-order valence-corrected chi connectivity index (χ0v) is 10.6. The zero-order valence-electron chi connectivity index (χ0n) is 9.06. The number of alkyl halides is 3. The Morgan fingerprint density at radius 2 is 1.83 bits per heavy atom. The van der Waals surface area contributed by atoms with Crippen LogP contribution in [0.2, 0.25) is 0 Å². The third-order valence-corrected chi connectivity index (χ3v) is 2.45. The fourth-order valence-corrected chi connectivity index (χ4v) is 1.57. The van der Waals surface area contributed by atoms with Crippen molar-refractivity contribution in [2.75, 3.05) is 10.6 Å². The largest absolute Gasteiger partial charge is 0.471 e. The highest BCUT2D eigenvalue weighted by molar-refractivity contribution is 9.10. The summed E-state index contributed by atoms with van der Waals surface area (Å²) in [4.78, 5) is 21.5. The van der Waals surface area contributed by atoms with Crippen LogP contribution in [0.5, 0.6) is 0 Å². The van der Waals surface area contributed by atoms with Crippen LogP contribution in [0.15, 0.2) is 22.7 Å². The van der Waals surface area contributed by atoms with Gasteiger partial charge in [-0.25, -0.2) is 0 Å². The minimum Gasteiger partial charge on any atom is -0.326 e. The van der Waals surface area contributed by atoms with Gasteiger partial charge in [0.25, 0.3) is 0 Å². The molecule has 0 aliphatic rings. The van der Waals surface area contributed by atoms with E-state index in [1.54, 1.807) is 5.32 Å². The Balaban J connectivity index is 2.86. The van der Waals surface area contributed by atoms with Crippen LogP contribution in [0.3, 0.4) is 0 Å². The minimum atomic E-state index is -4.95. The third-order valence-electron chi connectivity index (χ3n) is 1.80. The summed E-state index contributed by atoms with van der Waals surface area (Å²) in [5, 5.41) is 4.16. The van der Waals surface area contributed by atoms with Gasteiger partial charge in [-0.3, -0.25) is 9.59 Å². The van der Waals surface area contributed by atoms with E-state index in [2.05, 4.69) is 21.2 Å². The van der Waals surface area contributed by atoms with Crippen molar-refractivity contribution in [3.8, 4) is 0 Å². The van der Waals surface area contributed by atoms with E-state index in [0.29, 0.717) is 5.69 Å². The number of carbonyl (C=O) groups is 2. The lowest BCUT2D eigenvalue weighted by Gasteiger charge is -2.11. The summed E-state index contributed by atoms with van der Waals surface area (Å²) in [6, 6.07) is 4.00. The molecule has 2 amide bonds. The number of hydrogen-bond acceptors (Lipinski definition) is 2. The summed E-state index contributed by atoms with van der Waals surface area (Å²) in [6.07, 6.45) is -4.95. The van der Waals surface area contributed by atoms with Gasteiger partial charge in [-0.15, -0.1) is 0 Å². The number of halogens is 4. The van der Waals surface area contributed by atoms with Gasteiger partial charge in [-0.05, 0) is 34.1 Å². The van der Waals surface area contributed by atoms with Crippen molar-refractivity contribution >= 4 is 39.1 Å². The first-order chi connectivity index (χ1) is 8.20. The Hall–Kier alpha value is -1.57. The topological polar surface area (TPSA) is 58.2 Å². The van der Waals surface area contributed by atoms with Gasteiger partial charge in [0.15, 0.2) is 0 Å². The van der Waals surface area contributed by atoms with Gasteiger partial charge in [0.2, 0.25) is 5.91 Å². The molecule has 0 spiro atoms. The quantitative estimate of drug-likeness (QED) is 0.878. The number of nitrogens with one attached hydrogen (secondary N) is 2. The minimum absolute atomic E-state index is 0.0357. The van der Waals surface area contributed by atoms with E-state index >= 15 is 0 Å². The molecule has 0 heterocycles. The highest BCUT2D eigenvalue weighted by Gasteiger charge is 2.38. The SMILES string of the molecule is CC(=O)Nc1ccc(NC(=O)C(F)(F)F)c(Br)c1. The number of amides is 2. The van der Waals surface area contributed by atoms with Crippen LogP contribution in [-0.4, -0.2) is 18.0 Å². The summed E-state index contributed by atoms with van der Waals surface area (Å²) in [6.45, 7) is 1.30. The first-order valence-corrected chi connectivity index (χ1v) is 5.45. The van der Waals surface area contributed by atoms with Crippen LogP contribution < -0.4 is 10.6 Å². The average Bonchev–Trinajstić information content (AvgIpc) is 2.19. The molecular weight excluding hydrogens is 317 g/mol. The standard InChI is InChI=1S/C10H8BrF3N2O2/c1-5(17)15-6-2-3-8(7(11)4-6)16-9(18)10(12,13)14/h2-4H,1H3,(H,15,17)(H,16,18). The van der Waals surface area contributed by atoms with Gasteiger partial charge in [-0.2, -0.15) is 13.2 Å². The molecule has 0 aliphatic carbocycles. The smallest absolute Gasteiger partial charge is 0.326 e. The van der Waals surface area contributed by atoms with E-state index < -0.39 is 12.1 Å². The van der Waals surface area contributed by atoms with Crippen molar-refractivity contribution in [1.82, 2.24) is 0 Å². The molecule has 0 saturated carbocycles. The molecule has 1 rings (SSSR count). The van der Waals surface area contributed by atoms with E-state index in [1.165, 1.54) is 25.1 Å². The van der Waals surface area contributed by atoms with Crippen molar-refractivity contribution in [2.45, 2.75) is 13.1 Å². The normalized spacial score (nSPS) is 10.9. The van der Waals surface area contributed by atoms with Gasteiger partial charge < -0.3 is 10.6 Å². The molecule has 0 atom stereocenters. The molecule has 0 aromatic heterocycles. The molecule has 0 aliphatic heterocycles. The van der Waals surface area contributed by atoms with E-state index in [4.69, 9.17) is 0 Å². The predicted molar refractivity (Wildman–Crippen MR) is 63.1 cm³/mol. The van der Waals surface area contributed by atoms with Gasteiger partial charge >= 0.3 is 12.1 Å². The molecule has 0 radical (unpaired) electrons. The lowest BCUT2D eigenvalue weighted by molar-refractivity contribution is -0.167. The Morgan fingerprint density at radius 3 is 2.28 bits per heavy atom. The second-order valence-corrected chi connectivity index (χ2v) is 4.18. The van der Waals surface area contributed by atoms with E-state index in [1.807, 2.05) is 0 Å². The first kappa shape index (κ1) is 14.5. The van der Waals surface area contributed by atoms with Gasteiger partial charge in [0.1, 0.15) is 0 Å². The predicted octanol–water partition coefficient (Wildman–Crippen LogP) is 2.91. The maximum absolute atomic E-state index is 12.0. The number of rotatable bonds is 2. The van der Waals surface area contributed by atoms with Gasteiger partial charge in [-0.1, -0.05) is 0 Å². The number of hydrogen-bond donors (Lipinski definition) is 2. The third kappa shape index (κ3) is 4.02. The molecule has 1 aromatic carbocycles. The fourth-order valence-electron chi connectivity index (χ4n) is 1.09. The second kappa shape index (κ2) is 5.38. The molecule has 0 saturated heterocycles. The van der Waals surface area contributed by atoms with Crippen molar-refractivity contribution in [3.05, 3.63) is 22.7 Å². The zero-order chi connectivity index (χ0) is 13.9. The molecule has 0 unspecified atom stereocenters. The number of carbonyl (C=O) groups excluding carboxylic acids is 2. The molecular formula is C10H8BrF3N2O2. The monoisotopic (exact) mass is 324 g/mol.